The first kappa shape index (κ1) is 16.6. The molecular formula is C20H14O2S2. The van der Waals surface area contributed by atoms with Gasteiger partial charge in [0.05, 0.1) is 0 Å². The minimum Gasteiger partial charge on any atom is -0.298 e. The summed E-state index contributed by atoms with van der Waals surface area (Å²) in [5.41, 5.74) is 5.13. The van der Waals surface area contributed by atoms with E-state index in [0.717, 1.165) is 44.6 Å². The van der Waals surface area contributed by atoms with Gasteiger partial charge in [0.1, 0.15) is 12.6 Å². The second kappa shape index (κ2) is 7.07. The zero-order valence-electron chi connectivity index (χ0n) is 12.6. The van der Waals surface area contributed by atoms with Gasteiger partial charge in [-0.2, -0.15) is 0 Å². The molecule has 0 spiro atoms. The van der Waals surface area contributed by atoms with Crippen molar-refractivity contribution >= 4 is 37.8 Å². The molecule has 0 aliphatic rings. The first-order valence-electron chi connectivity index (χ1n) is 7.29. The number of aldehydes is 2. The van der Waals surface area contributed by atoms with E-state index in [1.54, 1.807) is 24.3 Å². The van der Waals surface area contributed by atoms with Crippen LogP contribution >= 0.6 is 25.3 Å². The van der Waals surface area contributed by atoms with Crippen LogP contribution in [0.25, 0.3) is 22.3 Å². The molecule has 0 radical (unpaired) electrons. The lowest BCUT2D eigenvalue weighted by molar-refractivity contribution is 0.111. The van der Waals surface area contributed by atoms with Crippen LogP contribution in [0.15, 0.2) is 70.5 Å². The Kier molecular flexibility index (Phi) is 4.88. The number of carbonyl (C=O) groups excluding carboxylic acids is 2. The van der Waals surface area contributed by atoms with Crippen molar-refractivity contribution < 1.29 is 9.59 Å². The van der Waals surface area contributed by atoms with Crippen molar-refractivity contribution in [2.75, 3.05) is 0 Å². The molecule has 0 atom stereocenters. The summed E-state index contributed by atoms with van der Waals surface area (Å²) in [5.74, 6) is 0. The molecule has 0 amide bonds. The van der Waals surface area contributed by atoms with Crippen LogP contribution in [0.4, 0.5) is 0 Å². The highest BCUT2D eigenvalue weighted by Crippen LogP contribution is 2.36. The summed E-state index contributed by atoms with van der Waals surface area (Å²) >= 11 is 9.21. The second-order valence-electron chi connectivity index (χ2n) is 5.37. The lowest BCUT2D eigenvalue weighted by atomic mass is 9.99. The van der Waals surface area contributed by atoms with Crippen molar-refractivity contribution in [3.05, 3.63) is 71.8 Å². The molecule has 0 saturated carbocycles. The third kappa shape index (κ3) is 3.30. The summed E-state index contributed by atoms with van der Waals surface area (Å²) in [7, 11) is 0. The van der Waals surface area contributed by atoms with E-state index >= 15 is 0 Å². The van der Waals surface area contributed by atoms with Gasteiger partial charge in [-0.15, -0.1) is 25.3 Å². The molecule has 0 unspecified atom stereocenters. The molecule has 3 aromatic rings. The van der Waals surface area contributed by atoms with Crippen molar-refractivity contribution in [1.82, 2.24) is 0 Å². The van der Waals surface area contributed by atoms with Gasteiger partial charge in [0.15, 0.2) is 0 Å². The van der Waals surface area contributed by atoms with Crippen molar-refractivity contribution in [2.45, 2.75) is 9.79 Å². The zero-order valence-corrected chi connectivity index (χ0v) is 14.4. The molecule has 0 aliphatic heterocycles. The Morgan fingerprint density at radius 3 is 1.21 bits per heavy atom. The maximum absolute atomic E-state index is 10.8. The molecule has 0 aromatic heterocycles. The number of thiol groups is 2. The van der Waals surface area contributed by atoms with E-state index in [1.807, 2.05) is 36.4 Å². The van der Waals surface area contributed by atoms with E-state index in [0.29, 0.717) is 11.1 Å². The Morgan fingerprint density at radius 1 is 0.583 bits per heavy atom. The predicted molar refractivity (Wildman–Crippen MR) is 103 cm³/mol. The molecule has 3 rings (SSSR count). The fourth-order valence-electron chi connectivity index (χ4n) is 2.52. The van der Waals surface area contributed by atoms with E-state index in [9.17, 15) is 9.59 Å². The average molecular weight is 350 g/mol. The Balaban J connectivity index is 2.03. The summed E-state index contributed by atoms with van der Waals surface area (Å²) < 4.78 is 0. The maximum atomic E-state index is 10.8. The van der Waals surface area contributed by atoms with Crippen molar-refractivity contribution in [3.8, 4) is 22.3 Å². The molecule has 24 heavy (non-hydrogen) atoms. The largest absolute Gasteiger partial charge is 0.298 e. The first-order valence-corrected chi connectivity index (χ1v) is 8.19. The Bertz CT molecular complexity index is 821. The second-order valence-corrected chi connectivity index (χ2v) is 6.33. The van der Waals surface area contributed by atoms with Crippen LogP contribution in [0.3, 0.4) is 0 Å². The smallest absolute Gasteiger partial charge is 0.150 e. The van der Waals surface area contributed by atoms with Gasteiger partial charge >= 0.3 is 0 Å². The molecule has 0 saturated heterocycles. The summed E-state index contributed by atoms with van der Waals surface area (Å²) in [4.78, 5) is 23.2. The summed E-state index contributed by atoms with van der Waals surface area (Å²) in [5, 5.41) is 0. The monoisotopic (exact) mass is 350 g/mol. The zero-order chi connectivity index (χ0) is 17.1. The van der Waals surface area contributed by atoms with E-state index < -0.39 is 0 Å². The van der Waals surface area contributed by atoms with Crippen LogP contribution in [0, 0.1) is 0 Å². The Hall–Kier alpha value is -2.30. The van der Waals surface area contributed by atoms with E-state index in [4.69, 9.17) is 0 Å². The molecule has 2 nitrogen and oxygen atoms in total. The van der Waals surface area contributed by atoms with Gasteiger partial charge in [0.2, 0.25) is 0 Å². The van der Waals surface area contributed by atoms with Gasteiger partial charge in [0.25, 0.3) is 0 Å². The molecule has 4 heteroatoms. The average Bonchev–Trinajstić information content (AvgIpc) is 2.63. The summed E-state index contributed by atoms with van der Waals surface area (Å²) in [6.07, 6.45) is 1.64. The lowest BCUT2D eigenvalue weighted by Crippen LogP contribution is -1.88. The molecule has 118 valence electrons. The van der Waals surface area contributed by atoms with Crippen LogP contribution in [0.2, 0.25) is 0 Å². The van der Waals surface area contributed by atoms with Gasteiger partial charge in [0, 0.05) is 20.9 Å². The van der Waals surface area contributed by atoms with Gasteiger partial charge in [-0.05, 0) is 34.4 Å². The summed E-state index contributed by atoms with van der Waals surface area (Å²) in [6.45, 7) is 0. The standard InChI is InChI=1S/C20H14O2S2/c21-11-13-1-5-15(6-2-13)17-9-20(24)18(10-19(17)23)16-7-3-14(12-22)4-8-16/h1-12,23-24H. The summed E-state index contributed by atoms with van der Waals surface area (Å²) in [6, 6.07) is 18.6. The Morgan fingerprint density at radius 2 is 0.917 bits per heavy atom. The third-order valence-electron chi connectivity index (χ3n) is 3.83. The van der Waals surface area contributed by atoms with E-state index in [2.05, 4.69) is 25.3 Å². The highest BCUT2D eigenvalue weighted by atomic mass is 32.1. The fraction of sp³-hybridized carbons (Fsp3) is 0. The molecule has 3 aromatic carbocycles. The normalized spacial score (nSPS) is 10.4. The number of benzene rings is 3. The van der Waals surface area contributed by atoms with Crippen molar-refractivity contribution in [1.29, 1.82) is 0 Å². The van der Waals surface area contributed by atoms with E-state index in [1.165, 1.54) is 0 Å². The molecule has 0 bridgehead atoms. The lowest BCUT2D eigenvalue weighted by Gasteiger charge is -2.12. The predicted octanol–water partition coefficient (Wildman–Crippen LogP) is 5.22. The highest BCUT2D eigenvalue weighted by Gasteiger charge is 2.10. The molecule has 0 fully saturated rings. The number of rotatable bonds is 4. The van der Waals surface area contributed by atoms with Crippen LogP contribution < -0.4 is 0 Å². The molecule has 0 aliphatic carbocycles. The molecule has 0 N–H and O–H groups in total. The Labute approximate surface area is 151 Å². The van der Waals surface area contributed by atoms with Crippen LogP contribution in [0.1, 0.15) is 20.7 Å². The van der Waals surface area contributed by atoms with Gasteiger partial charge < -0.3 is 0 Å². The van der Waals surface area contributed by atoms with Gasteiger partial charge in [-0.1, -0.05) is 48.5 Å². The third-order valence-corrected chi connectivity index (χ3v) is 4.57. The minimum atomic E-state index is 0.637. The van der Waals surface area contributed by atoms with Crippen LogP contribution in [-0.2, 0) is 0 Å². The highest BCUT2D eigenvalue weighted by molar-refractivity contribution is 7.81. The topological polar surface area (TPSA) is 34.1 Å². The quantitative estimate of drug-likeness (QED) is 0.499. The molecule has 0 heterocycles. The van der Waals surface area contributed by atoms with Crippen LogP contribution in [0.5, 0.6) is 0 Å². The minimum absolute atomic E-state index is 0.637. The maximum Gasteiger partial charge on any atom is 0.150 e. The number of carbonyl (C=O) groups is 2. The van der Waals surface area contributed by atoms with Crippen molar-refractivity contribution in [2.24, 2.45) is 0 Å². The van der Waals surface area contributed by atoms with Crippen LogP contribution in [-0.4, -0.2) is 12.6 Å². The van der Waals surface area contributed by atoms with Gasteiger partial charge in [-0.25, -0.2) is 0 Å². The fourth-order valence-corrected chi connectivity index (χ4v) is 3.17. The van der Waals surface area contributed by atoms with E-state index in [-0.39, 0.29) is 0 Å². The first-order chi connectivity index (χ1) is 11.6. The molecular weight excluding hydrogens is 336 g/mol. The van der Waals surface area contributed by atoms with Gasteiger partial charge in [-0.3, -0.25) is 9.59 Å². The number of hydrogen-bond acceptors (Lipinski definition) is 4. The SMILES string of the molecule is O=Cc1ccc(-c2cc(S)c(-c3ccc(C=O)cc3)cc2S)cc1. The number of hydrogen-bond donors (Lipinski definition) is 2. The van der Waals surface area contributed by atoms with Crippen molar-refractivity contribution in [3.63, 3.8) is 0 Å².